The summed E-state index contributed by atoms with van der Waals surface area (Å²) in [5.74, 6) is 0.573. The van der Waals surface area contributed by atoms with Gasteiger partial charge < -0.3 is 9.64 Å². The van der Waals surface area contributed by atoms with E-state index in [0.29, 0.717) is 12.5 Å². The van der Waals surface area contributed by atoms with Crippen molar-refractivity contribution in [3.63, 3.8) is 0 Å². The molecule has 0 bridgehead atoms. The van der Waals surface area contributed by atoms with Crippen LogP contribution in [0.2, 0.25) is 0 Å². The van der Waals surface area contributed by atoms with E-state index >= 15 is 0 Å². The molecular formula is C17H24ClNO2. The van der Waals surface area contributed by atoms with Crippen molar-refractivity contribution in [2.45, 2.75) is 52.5 Å². The van der Waals surface area contributed by atoms with Gasteiger partial charge in [-0.15, -0.1) is 11.6 Å². The second kappa shape index (κ2) is 6.37. The SMILES string of the molecule is CC(C)N1C(=O)[C@@H](OCc2ccccc2)[C@H]1C(C)(C)CCl. The van der Waals surface area contributed by atoms with Crippen molar-refractivity contribution >= 4 is 17.5 Å². The molecule has 0 spiro atoms. The number of ether oxygens (including phenoxy) is 1. The number of halogens is 1. The molecule has 1 amide bonds. The summed E-state index contributed by atoms with van der Waals surface area (Å²) in [5, 5.41) is 0. The van der Waals surface area contributed by atoms with Crippen LogP contribution in [0, 0.1) is 5.41 Å². The highest BCUT2D eigenvalue weighted by Crippen LogP contribution is 2.39. The Morgan fingerprint density at radius 2 is 1.90 bits per heavy atom. The first kappa shape index (κ1) is 16.3. The van der Waals surface area contributed by atoms with Gasteiger partial charge in [0.05, 0.1) is 12.6 Å². The monoisotopic (exact) mass is 309 g/mol. The van der Waals surface area contributed by atoms with E-state index in [9.17, 15) is 4.79 Å². The molecule has 1 aromatic carbocycles. The minimum absolute atomic E-state index is 0.0335. The maximum Gasteiger partial charge on any atom is 0.254 e. The first-order chi connectivity index (χ1) is 9.88. The fourth-order valence-corrected chi connectivity index (χ4v) is 3.00. The van der Waals surface area contributed by atoms with Crippen LogP contribution in [-0.2, 0) is 16.1 Å². The number of likely N-dealkylation sites (tertiary alicyclic amines) is 1. The Bertz CT molecular complexity index is 487. The van der Waals surface area contributed by atoms with Gasteiger partial charge in [-0.1, -0.05) is 44.2 Å². The third-order valence-corrected chi connectivity index (χ3v) is 4.75. The summed E-state index contributed by atoms with van der Waals surface area (Å²) < 4.78 is 5.91. The third kappa shape index (κ3) is 3.24. The fraction of sp³-hybridized carbons (Fsp3) is 0.588. The highest BCUT2D eigenvalue weighted by molar-refractivity contribution is 6.18. The summed E-state index contributed by atoms with van der Waals surface area (Å²) in [6.07, 6.45) is -0.388. The van der Waals surface area contributed by atoms with E-state index in [1.54, 1.807) is 0 Å². The summed E-state index contributed by atoms with van der Waals surface area (Å²) in [6, 6.07) is 10.1. The molecule has 4 heteroatoms. The Hall–Kier alpha value is -1.06. The van der Waals surface area contributed by atoms with Gasteiger partial charge in [0.15, 0.2) is 6.10 Å². The molecule has 0 aromatic heterocycles. The molecule has 1 aliphatic rings. The maximum absolute atomic E-state index is 12.4. The summed E-state index contributed by atoms with van der Waals surface area (Å²) in [7, 11) is 0. The maximum atomic E-state index is 12.4. The zero-order valence-electron chi connectivity index (χ0n) is 13.2. The molecule has 3 nitrogen and oxygen atoms in total. The number of amides is 1. The summed E-state index contributed by atoms with van der Waals surface area (Å²) in [5.41, 5.74) is 0.914. The quantitative estimate of drug-likeness (QED) is 0.595. The highest BCUT2D eigenvalue weighted by atomic mass is 35.5. The number of carbonyl (C=O) groups excluding carboxylic acids is 1. The molecule has 0 radical (unpaired) electrons. The normalized spacial score (nSPS) is 22.6. The molecule has 2 rings (SSSR count). The van der Waals surface area contributed by atoms with Crippen LogP contribution in [0.1, 0.15) is 33.3 Å². The number of hydrogen-bond acceptors (Lipinski definition) is 2. The Morgan fingerprint density at radius 1 is 1.29 bits per heavy atom. The predicted molar refractivity (Wildman–Crippen MR) is 85.3 cm³/mol. The van der Waals surface area contributed by atoms with Crippen molar-refractivity contribution in [1.29, 1.82) is 0 Å². The van der Waals surface area contributed by atoms with Gasteiger partial charge in [-0.25, -0.2) is 0 Å². The Balaban J connectivity index is 2.09. The smallest absolute Gasteiger partial charge is 0.254 e. The van der Waals surface area contributed by atoms with Gasteiger partial charge in [0, 0.05) is 17.3 Å². The lowest BCUT2D eigenvalue weighted by atomic mass is 9.75. The van der Waals surface area contributed by atoms with Gasteiger partial charge in [-0.05, 0) is 19.4 Å². The van der Waals surface area contributed by atoms with Crippen molar-refractivity contribution in [2.24, 2.45) is 5.41 Å². The van der Waals surface area contributed by atoms with Crippen molar-refractivity contribution in [2.75, 3.05) is 5.88 Å². The van der Waals surface area contributed by atoms with E-state index in [1.807, 2.05) is 49.1 Å². The largest absolute Gasteiger partial charge is 0.361 e. The molecule has 1 saturated heterocycles. The van der Waals surface area contributed by atoms with Gasteiger partial charge >= 0.3 is 0 Å². The zero-order chi connectivity index (χ0) is 15.6. The van der Waals surface area contributed by atoms with Crippen LogP contribution in [-0.4, -0.2) is 34.9 Å². The van der Waals surface area contributed by atoms with Gasteiger partial charge in [-0.3, -0.25) is 4.79 Å². The molecule has 2 atom stereocenters. The second-order valence-electron chi connectivity index (χ2n) is 6.62. The minimum Gasteiger partial charge on any atom is -0.361 e. The van der Waals surface area contributed by atoms with E-state index in [4.69, 9.17) is 16.3 Å². The van der Waals surface area contributed by atoms with E-state index in [1.165, 1.54) is 0 Å². The van der Waals surface area contributed by atoms with E-state index in [-0.39, 0.29) is 29.5 Å². The predicted octanol–water partition coefficient (Wildman–Crippen LogP) is 3.46. The number of β-lactam (4-membered cyclic amide) rings is 1. The number of hydrogen-bond donors (Lipinski definition) is 0. The molecule has 1 aliphatic heterocycles. The molecule has 0 saturated carbocycles. The van der Waals surface area contributed by atoms with Gasteiger partial charge in [0.25, 0.3) is 5.91 Å². The average molecular weight is 310 g/mol. The van der Waals surface area contributed by atoms with Crippen LogP contribution >= 0.6 is 11.6 Å². The van der Waals surface area contributed by atoms with Crippen LogP contribution < -0.4 is 0 Å². The Kier molecular flexibility index (Phi) is 4.95. The molecule has 1 aromatic rings. The van der Waals surface area contributed by atoms with E-state index in [2.05, 4.69) is 13.8 Å². The van der Waals surface area contributed by atoms with Crippen molar-refractivity contribution in [3.05, 3.63) is 35.9 Å². The lowest BCUT2D eigenvalue weighted by Gasteiger charge is -2.55. The molecule has 0 unspecified atom stereocenters. The number of rotatable bonds is 6. The van der Waals surface area contributed by atoms with Gasteiger partial charge in [0.1, 0.15) is 0 Å². The van der Waals surface area contributed by atoms with Crippen molar-refractivity contribution in [3.8, 4) is 0 Å². The summed E-state index contributed by atoms with van der Waals surface area (Å²) in [6.45, 7) is 8.69. The summed E-state index contributed by atoms with van der Waals surface area (Å²) in [4.78, 5) is 14.3. The number of alkyl halides is 1. The average Bonchev–Trinajstić information content (AvgIpc) is 2.45. The third-order valence-electron chi connectivity index (χ3n) is 4.06. The second-order valence-corrected chi connectivity index (χ2v) is 6.89. The zero-order valence-corrected chi connectivity index (χ0v) is 13.9. The first-order valence-corrected chi connectivity index (χ1v) is 7.95. The molecule has 116 valence electrons. The molecular weight excluding hydrogens is 286 g/mol. The van der Waals surface area contributed by atoms with Gasteiger partial charge in [0.2, 0.25) is 0 Å². The van der Waals surface area contributed by atoms with E-state index in [0.717, 1.165) is 5.56 Å². The van der Waals surface area contributed by atoms with Crippen LogP contribution in [0.3, 0.4) is 0 Å². The Morgan fingerprint density at radius 3 is 2.43 bits per heavy atom. The van der Waals surface area contributed by atoms with Crippen molar-refractivity contribution < 1.29 is 9.53 Å². The van der Waals surface area contributed by atoms with Crippen LogP contribution in [0.15, 0.2) is 30.3 Å². The van der Waals surface area contributed by atoms with Crippen LogP contribution in [0.25, 0.3) is 0 Å². The lowest BCUT2D eigenvalue weighted by Crippen LogP contribution is -2.72. The lowest BCUT2D eigenvalue weighted by molar-refractivity contribution is -0.191. The van der Waals surface area contributed by atoms with Gasteiger partial charge in [-0.2, -0.15) is 0 Å². The minimum atomic E-state index is -0.388. The fourth-order valence-electron chi connectivity index (χ4n) is 2.85. The number of nitrogens with zero attached hydrogens (tertiary/aromatic N) is 1. The summed E-state index contributed by atoms with van der Waals surface area (Å²) >= 11 is 6.11. The standard InChI is InChI=1S/C17H24ClNO2/c1-12(2)19-15(17(3,4)11-18)14(16(19)20)21-10-13-8-6-5-7-9-13/h5-9,12,14-15H,10-11H2,1-4H3/t14-,15-/m0/s1. The molecule has 1 heterocycles. The molecule has 0 aliphatic carbocycles. The van der Waals surface area contributed by atoms with E-state index < -0.39 is 0 Å². The number of benzene rings is 1. The molecule has 21 heavy (non-hydrogen) atoms. The van der Waals surface area contributed by atoms with Crippen LogP contribution in [0.5, 0.6) is 0 Å². The number of carbonyl (C=O) groups is 1. The van der Waals surface area contributed by atoms with Crippen LogP contribution in [0.4, 0.5) is 0 Å². The molecule has 0 N–H and O–H groups in total. The topological polar surface area (TPSA) is 29.5 Å². The Labute approximate surface area is 132 Å². The van der Waals surface area contributed by atoms with Crippen molar-refractivity contribution in [1.82, 2.24) is 4.90 Å². The highest BCUT2D eigenvalue weighted by Gasteiger charge is 2.55. The molecule has 1 fully saturated rings. The first-order valence-electron chi connectivity index (χ1n) is 7.42.